The first kappa shape index (κ1) is 30.2. The average Bonchev–Trinajstić information content (AvgIpc) is 2.78. The van der Waals surface area contributed by atoms with Gasteiger partial charge in [-0.25, -0.2) is 0 Å². The number of rotatable bonds is 10. The molecule has 0 aliphatic heterocycles. The fraction of sp³-hybridized carbons (Fsp3) is 0.548. The number of hydrogen-bond donors (Lipinski definition) is 2. The van der Waals surface area contributed by atoms with Gasteiger partial charge >= 0.3 is 11.9 Å². The van der Waals surface area contributed by atoms with E-state index in [-0.39, 0.29) is 48.8 Å². The fourth-order valence-corrected chi connectivity index (χ4v) is 4.21. The third-order valence-electron chi connectivity index (χ3n) is 6.39. The van der Waals surface area contributed by atoms with Crippen LogP contribution in [0.1, 0.15) is 94.2 Å². The molecular weight excluding hydrogens is 468 g/mol. The van der Waals surface area contributed by atoms with Crippen molar-refractivity contribution in [2.75, 3.05) is 13.2 Å². The van der Waals surface area contributed by atoms with Crippen molar-refractivity contribution in [3.63, 3.8) is 0 Å². The van der Waals surface area contributed by atoms with Gasteiger partial charge in [0.25, 0.3) is 0 Å². The summed E-state index contributed by atoms with van der Waals surface area (Å²) in [4.78, 5) is 24.3. The van der Waals surface area contributed by atoms with Gasteiger partial charge in [-0.15, -0.1) is 0 Å². The smallest absolute Gasteiger partial charge is 0.306 e. The zero-order chi connectivity index (χ0) is 28.0. The molecule has 0 amide bonds. The minimum absolute atomic E-state index is 0.193. The summed E-state index contributed by atoms with van der Waals surface area (Å²) in [5.41, 5.74) is 4.93. The molecule has 0 aliphatic carbocycles. The van der Waals surface area contributed by atoms with Crippen molar-refractivity contribution < 1.29 is 29.3 Å². The highest BCUT2D eigenvalue weighted by Gasteiger charge is 2.21. The molecule has 0 fully saturated rings. The van der Waals surface area contributed by atoms with Gasteiger partial charge < -0.3 is 19.7 Å². The lowest BCUT2D eigenvalue weighted by Crippen LogP contribution is -2.14. The predicted octanol–water partition coefficient (Wildman–Crippen LogP) is 6.35. The lowest BCUT2D eigenvalue weighted by Gasteiger charge is -2.22. The third kappa shape index (κ3) is 9.10. The maximum Gasteiger partial charge on any atom is 0.306 e. The Balaban J connectivity index is 1.71. The van der Waals surface area contributed by atoms with E-state index in [4.69, 9.17) is 9.47 Å². The zero-order valence-electron chi connectivity index (χ0n) is 23.8. The number of phenolic OH excluding ortho intramolecular Hbond substituents is 2. The molecular formula is C31H44O6. The first-order valence-electron chi connectivity index (χ1n) is 13.1. The number of carbonyl (C=O) groups excluding carboxylic acids is 2. The van der Waals surface area contributed by atoms with Gasteiger partial charge in [-0.2, -0.15) is 0 Å². The molecule has 2 aromatic carbocycles. The largest absolute Gasteiger partial charge is 0.507 e. The van der Waals surface area contributed by atoms with E-state index in [9.17, 15) is 19.8 Å². The number of aromatic hydroxyl groups is 2. The van der Waals surface area contributed by atoms with Crippen molar-refractivity contribution in [1.29, 1.82) is 0 Å². The Bertz CT molecular complexity index is 1010. The van der Waals surface area contributed by atoms with E-state index >= 15 is 0 Å². The molecule has 204 valence electrons. The maximum atomic E-state index is 12.2. The molecule has 0 bridgehead atoms. The summed E-state index contributed by atoms with van der Waals surface area (Å²) in [6, 6.07) is 7.72. The molecule has 0 heterocycles. The summed E-state index contributed by atoms with van der Waals surface area (Å²) in [7, 11) is 0. The summed E-state index contributed by atoms with van der Waals surface area (Å²) < 4.78 is 10.6. The number of aryl methyl sites for hydroxylation is 4. The first-order chi connectivity index (χ1) is 17.1. The molecule has 2 N–H and O–H groups in total. The fourth-order valence-electron chi connectivity index (χ4n) is 4.21. The van der Waals surface area contributed by atoms with Crippen LogP contribution in [-0.4, -0.2) is 35.4 Å². The van der Waals surface area contributed by atoms with Crippen molar-refractivity contribution in [2.24, 2.45) is 0 Å². The van der Waals surface area contributed by atoms with Crippen molar-refractivity contribution in [3.05, 3.63) is 57.6 Å². The molecule has 6 heteroatoms. The van der Waals surface area contributed by atoms with E-state index in [2.05, 4.69) is 0 Å². The van der Waals surface area contributed by atoms with Gasteiger partial charge in [-0.1, -0.05) is 65.8 Å². The summed E-state index contributed by atoms with van der Waals surface area (Å²) in [5.74, 6) is 0.0147. The van der Waals surface area contributed by atoms with Gasteiger partial charge in [0.05, 0.1) is 13.2 Å². The van der Waals surface area contributed by atoms with Gasteiger partial charge in [0.15, 0.2) is 0 Å². The van der Waals surface area contributed by atoms with Gasteiger partial charge in [0.1, 0.15) is 11.5 Å². The maximum absolute atomic E-state index is 12.2. The highest BCUT2D eigenvalue weighted by Crippen LogP contribution is 2.35. The Morgan fingerprint density at radius 3 is 1.35 bits per heavy atom. The van der Waals surface area contributed by atoms with Crippen LogP contribution in [0.25, 0.3) is 0 Å². The SMILES string of the molecule is Cc1cc(CCC(=O)OCCCOC(=O)CCc2cc(C)c(O)c(C(C)(C)C)c2)cc(C(C)(C)C)c1O. The van der Waals surface area contributed by atoms with Crippen molar-refractivity contribution >= 4 is 11.9 Å². The standard InChI is InChI=1S/C31H44O6/c1-20-16-22(18-24(28(20)34)30(3,4)5)10-12-26(32)36-14-9-15-37-27(33)13-11-23-17-21(2)29(35)25(19-23)31(6,7)8/h16-19,34-35H,9-15H2,1-8H3. The minimum atomic E-state index is -0.299. The molecule has 0 aliphatic rings. The Labute approximate surface area is 222 Å². The van der Waals surface area contributed by atoms with Gasteiger partial charge in [-0.05, 0) is 70.9 Å². The molecule has 2 rings (SSSR count). The van der Waals surface area contributed by atoms with Crippen LogP contribution >= 0.6 is 0 Å². The third-order valence-corrected chi connectivity index (χ3v) is 6.39. The van der Waals surface area contributed by atoms with E-state index in [1.54, 1.807) is 0 Å². The normalized spacial score (nSPS) is 11.9. The van der Waals surface area contributed by atoms with Crippen LogP contribution in [0.15, 0.2) is 24.3 Å². The Morgan fingerprint density at radius 2 is 1.03 bits per heavy atom. The van der Waals surface area contributed by atoms with Crippen molar-refractivity contribution in [2.45, 2.75) is 98.3 Å². The number of carbonyl (C=O) groups is 2. The molecule has 0 aromatic heterocycles. The van der Waals surface area contributed by atoms with E-state index in [1.165, 1.54) is 0 Å². The van der Waals surface area contributed by atoms with Crippen LogP contribution in [0, 0.1) is 13.8 Å². The Morgan fingerprint density at radius 1 is 0.676 bits per heavy atom. The van der Waals surface area contributed by atoms with Gasteiger partial charge in [0, 0.05) is 19.3 Å². The Hall–Kier alpha value is -3.02. The van der Waals surface area contributed by atoms with E-state index in [1.807, 2.05) is 79.7 Å². The molecule has 2 aromatic rings. The lowest BCUT2D eigenvalue weighted by atomic mass is 9.83. The van der Waals surface area contributed by atoms with Crippen LogP contribution in [0.3, 0.4) is 0 Å². The number of hydrogen-bond acceptors (Lipinski definition) is 6. The number of esters is 2. The summed E-state index contributed by atoms with van der Waals surface area (Å²) in [6.07, 6.45) is 2.00. The summed E-state index contributed by atoms with van der Waals surface area (Å²) in [6.45, 7) is 16.4. The second-order valence-corrected chi connectivity index (χ2v) is 11.9. The molecule has 0 spiro atoms. The van der Waals surface area contributed by atoms with Crippen LogP contribution in [0.2, 0.25) is 0 Å². The highest BCUT2D eigenvalue weighted by atomic mass is 16.5. The van der Waals surface area contributed by atoms with Crippen LogP contribution in [-0.2, 0) is 42.7 Å². The highest BCUT2D eigenvalue weighted by molar-refractivity contribution is 5.70. The predicted molar refractivity (Wildman–Crippen MR) is 146 cm³/mol. The Kier molecular flexibility index (Phi) is 10.2. The van der Waals surface area contributed by atoms with E-state index in [0.717, 1.165) is 33.4 Å². The van der Waals surface area contributed by atoms with Crippen LogP contribution in [0.4, 0.5) is 0 Å². The van der Waals surface area contributed by atoms with Crippen LogP contribution in [0.5, 0.6) is 11.5 Å². The van der Waals surface area contributed by atoms with Crippen LogP contribution < -0.4 is 0 Å². The molecule has 0 saturated heterocycles. The van der Waals surface area contributed by atoms with Crippen molar-refractivity contribution in [3.8, 4) is 11.5 Å². The molecule has 0 unspecified atom stereocenters. The molecule has 6 nitrogen and oxygen atoms in total. The lowest BCUT2D eigenvalue weighted by molar-refractivity contribution is -0.146. The summed E-state index contributed by atoms with van der Waals surface area (Å²) >= 11 is 0. The zero-order valence-corrected chi connectivity index (χ0v) is 23.8. The summed E-state index contributed by atoms with van der Waals surface area (Å²) in [5, 5.41) is 20.7. The van der Waals surface area contributed by atoms with Crippen molar-refractivity contribution in [1.82, 2.24) is 0 Å². The number of benzene rings is 2. The monoisotopic (exact) mass is 512 g/mol. The number of phenols is 2. The van der Waals surface area contributed by atoms with Gasteiger partial charge in [0.2, 0.25) is 0 Å². The van der Waals surface area contributed by atoms with Gasteiger partial charge in [-0.3, -0.25) is 9.59 Å². The second kappa shape index (κ2) is 12.5. The molecule has 37 heavy (non-hydrogen) atoms. The first-order valence-corrected chi connectivity index (χ1v) is 13.1. The average molecular weight is 513 g/mol. The van der Waals surface area contributed by atoms with E-state index in [0.29, 0.717) is 30.8 Å². The second-order valence-electron chi connectivity index (χ2n) is 11.9. The molecule has 0 saturated carbocycles. The quantitative estimate of drug-likeness (QED) is 0.285. The molecule has 0 radical (unpaired) electrons. The molecule has 0 atom stereocenters. The van der Waals surface area contributed by atoms with E-state index < -0.39 is 0 Å². The number of ether oxygens (including phenoxy) is 2. The minimum Gasteiger partial charge on any atom is -0.507 e. The topological polar surface area (TPSA) is 93.1 Å².